The van der Waals surface area contributed by atoms with Gasteiger partial charge in [-0.1, -0.05) is 67.9 Å². The van der Waals surface area contributed by atoms with Crippen molar-refractivity contribution in [1.29, 1.82) is 0 Å². The second kappa shape index (κ2) is 11.9. The first-order valence-corrected chi connectivity index (χ1v) is 13.1. The van der Waals surface area contributed by atoms with Gasteiger partial charge >= 0.3 is 17.9 Å². The number of aromatic carboxylic acids is 2. The summed E-state index contributed by atoms with van der Waals surface area (Å²) in [7, 11) is 0. The van der Waals surface area contributed by atoms with Gasteiger partial charge < -0.3 is 14.9 Å². The minimum absolute atomic E-state index is 0.0260. The topological polar surface area (TPSA) is 101 Å². The molecule has 0 fully saturated rings. The molecule has 0 unspecified atom stereocenters. The third-order valence-corrected chi connectivity index (χ3v) is 7.05. The molecule has 0 bridgehead atoms. The number of rotatable bonds is 11. The molecule has 200 valence electrons. The fourth-order valence-corrected chi connectivity index (χ4v) is 5.00. The Labute approximate surface area is 231 Å². The summed E-state index contributed by atoms with van der Waals surface area (Å²) in [6.45, 7) is 8.69. The number of benzene rings is 3. The molecular formula is C31H33BrO6. The molecule has 7 heteroatoms. The summed E-state index contributed by atoms with van der Waals surface area (Å²) < 4.78 is 6.54. The number of carbonyl (C=O) groups is 3. The average Bonchev–Trinajstić information content (AvgIpc) is 2.84. The fourth-order valence-electron chi connectivity index (χ4n) is 4.44. The Kier molecular flexibility index (Phi) is 9.15. The molecule has 0 radical (unpaired) electrons. The lowest BCUT2D eigenvalue weighted by atomic mass is 9.79. The standard InChI is InChI=1S/C31H33BrO6/c1-30(2,16-20-5-8-22(9-6-20)27(33)34)17-21-7-10-25(26(32)15-21)18-31(3,4)19-38-29(37)24-13-11-23(12-14-24)28(35)36/h5-15H,16-19H2,1-4H3,(H,33,34)(H,35,36). The van der Waals surface area contributed by atoms with Gasteiger partial charge in [0, 0.05) is 9.89 Å². The highest BCUT2D eigenvalue weighted by Gasteiger charge is 2.24. The predicted molar refractivity (Wildman–Crippen MR) is 150 cm³/mol. The Morgan fingerprint density at radius 2 is 1.16 bits per heavy atom. The molecule has 2 N–H and O–H groups in total. The van der Waals surface area contributed by atoms with E-state index in [9.17, 15) is 14.4 Å². The Hall–Kier alpha value is -3.45. The first-order valence-electron chi connectivity index (χ1n) is 12.3. The predicted octanol–water partition coefficient (Wildman–Crippen LogP) is 7.08. The average molecular weight is 582 g/mol. The second-order valence-electron chi connectivity index (χ2n) is 11.2. The van der Waals surface area contributed by atoms with Gasteiger partial charge in [-0.2, -0.15) is 0 Å². The van der Waals surface area contributed by atoms with Gasteiger partial charge in [-0.05, 0) is 83.8 Å². The third-order valence-electron chi connectivity index (χ3n) is 6.31. The number of esters is 1. The first-order chi connectivity index (χ1) is 17.7. The van der Waals surface area contributed by atoms with Crippen LogP contribution in [-0.4, -0.2) is 34.7 Å². The van der Waals surface area contributed by atoms with Crippen molar-refractivity contribution in [3.8, 4) is 0 Å². The molecule has 38 heavy (non-hydrogen) atoms. The van der Waals surface area contributed by atoms with Gasteiger partial charge in [0.25, 0.3) is 0 Å². The molecule has 0 aliphatic carbocycles. The lowest BCUT2D eigenvalue weighted by Crippen LogP contribution is -2.24. The van der Waals surface area contributed by atoms with Crippen LogP contribution in [0.5, 0.6) is 0 Å². The van der Waals surface area contributed by atoms with Gasteiger partial charge in [0.05, 0.1) is 23.3 Å². The van der Waals surface area contributed by atoms with Crippen LogP contribution in [0.1, 0.15) is 75.5 Å². The van der Waals surface area contributed by atoms with Crippen LogP contribution in [0.2, 0.25) is 0 Å². The Morgan fingerprint density at radius 3 is 1.68 bits per heavy atom. The number of hydrogen-bond donors (Lipinski definition) is 2. The number of carbonyl (C=O) groups excluding carboxylic acids is 1. The quantitative estimate of drug-likeness (QED) is 0.235. The van der Waals surface area contributed by atoms with E-state index in [4.69, 9.17) is 14.9 Å². The van der Waals surface area contributed by atoms with E-state index < -0.39 is 17.9 Å². The van der Waals surface area contributed by atoms with Crippen LogP contribution < -0.4 is 0 Å². The minimum atomic E-state index is -1.04. The largest absolute Gasteiger partial charge is 0.478 e. The van der Waals surface area contributed by atoms with E-state index in [1.54, 1.807) is 12.1 Å². The molecule has 3 rings (SSSR count). The smallest absolute Gasteiger partial charge is 0.338 e. The maximum atomic E-state index is 12.4. The van der Waals surface area contributed by atoms with Gasteiger partial charge in [0.2, 0.25) is 0 Å². The van der Waals surface area contributed by atoms with Gasteiger partial charge in [0.15, 0.2) is 0 Å². The van der Waals surface area contributed by atoms with Crippen molar-refractivity contribution in [2.45, 2.75) is 47.0 Å². The van der Waals surface area contributed by atoms with Crippen molar-refractivity contribution < 1.29 is 29.3 Å². The van der Waals surface area contributed by atoms with Crippen LogP contribution in [-0.2, 0) is 24.0 Å². The van der Waals surface area contributed by atoms with E-state index in [-0.39, 0.29) is 28.6 Å². The summed E-state index contributed by atoms with van der Waals surface area (Å²) in [5, 5.41) is 18.1. The second-order valence-corrected chi connectivity index (χ2v) is 12.1. The maximum Gasteiger partial charge on any atom is 0.338 e. The normalized spacial score (nSPS) is 11.7. The maximum absolute atomic E-state index is 12.4. The molecule has 0 saturated carbocycles. The highest BCUT2D eigenvalue weighted by Crippen LogP contribution is 2.32. The summed E-state index contributed by atoms with van der Waals surface area (Å²) in [5.41, 5.74) is 3.79. The Morgan fingerprint density at radius 1 is 0.684 bits per heavy atom. The highest BCUT2D eigenvalue weighted by atomic mass is 79.9. The van der Waals surface area contributed by atoms with E-state index >= 15 is 0 Å². The molecule has 0 amide bonds. The molecular weight excluding hydrogens is 548 g/mol. The van der Waals surface area contributed by atoms with Crippen LogP contribution in [0.15, 0.2) is 71.2 Å². The van der Waals surface area contributed by atoms with E-state index in [2.05, 4.69) is 48.0 Å². The Balaban J connectivity index is 1.58. The number of carboxylic acid groups (broad SMARTS) is 2. The molecule has 0 aliphatic heterocycles. The van der Waals surface area contributed by atoms with E-state index in [1.807, 2.05) is 26.0 Å². The number of ether oxygens (including phenoxy) is 1. The summed E-state index contributed by atoms with van der Waals surface area (Å²) in [6.07, 6.45) is 2.37. The summed E-state index contributed by atoms with van der Waals surface area (Å²) in [4.78, 5) is 34.5. The molecule has 0 aliphatic rings. The van der Waals surface area contributed by atoms with Crippen LogP contribution in [0.4, 0.5) is 0 Å². The van der Waals surface area contributed by atoms with Gasteiger partial charge in [-0.3, -0.25) is 0 Å². The SMILES string of the molecule is CC(C)(Cc1ccc(C(=O)O)cc1)Cc1ccc(CC(C)(C)COC(=O)c2ccc(C(=O)O)cc2)c(Br)c1. The lowest BCUT2D eigenvalue weighted by molar-refractivity contribution is 0.0340. The van der Waals surface area contributed by atoms with Crippen LogP contribution in [0, 0.1) is 10.8 Å². The van der Waals surface area contributed by atoms with Crippen LogP contribution >= 0.6 is 15.9 Å². The van der Waals surface area contributed by atoms with Crippen molar-refractivity contribution in [2.75, 3.05) is 6.61 Å². The number of hydrogen-bond acceptors (Lipinski definition) is 4. The zero-order chi connectivity index (χ0) is 28.1. The molecule has 0 saturated heterocycles. The Bertz CT molecular complexity index is 1310. The summed E-state index contributed by atoms with van der Waals surface area (Å²) in [5.74, 6) is -2.45. The van der Waals surface area contributed by atoms with Crippen molar-refractivity contribution >= 4 is 33.8 Å². The van der Waals surface area contributed by atoms with Crippen molar-refractivity contribution in [3.63, 3.8) is 0 Å². The van der Waals surface area contributed by atoms with Crippen LogP contribution in [0.3, 0.4) is 0 Å². The van der Waals surface area contributed by atoms with Gasteiger partial charge in [0.1, 0.15) is 0 Å². The summed E-state index contributed by atoms with van der Waals surface area (Å²) >= 11 is 3.72. The number of halogens is 1. The molecule has 0 heterocycles. The monoisotopic (exact) mass is 580 g/mol. The van der Waals surface area contributed by atoms with Gasteiger partial charge in [-0.25, -0.2) is 14.4 Å². The van der Waals surface area contributed by atoms with E-state index in [0.29, 0.717) is 12.0 Å². The van der Waals surface area contributed by atoms with Crippen molar-refractivity contribution in [2.24, 2.45) is 10.8 Å². The zero-order valence-corrected chi connectivity index (χ0v) is 23.7. The molecule has 6 nitrogen and oxygen atoms in total. The zero-order valence-electron chi connectivity index (χ0n) is 22.1. The van der Waals surface area contributed by atoms with Crippen LogP contribution in [0.25, 0.3) is 0 Å². The van der Waals surface area contributed by atoms with Crippen molar-refractivity contribution in [1.82, 2.24) is 0 Å². The highest BCUT2D eigenvalue weighted by molar-refractivity contribution is 9.10. The first kappa shape index (κ1) is 29.1. The lowest BCUT2D eigenvalue weighted by Gasteiger charge is -2.27. The summed E-state index contributed by atoms with van der Waals surface area (Å²) in [6, 6.07) is 19.1. The number of carboxylic acids is 2. The molecule has 3 aromatic carbocycles. The van der Waals surface area contributed by atoms with Crippen molar-refractivity contribution in [3.05, 3.63) is 105 Å². The van der Waals surface area contributed by atoms with Gasteiger partial charge in [-0.15, -0.1) is 0 Å². The molecule has 0 aromatic heterocycles. The third kappa shape index (κ3) is 8.28. The molecule has 0 atom stereocenters. The minimum Gasteiger partial charge on any atom is -0.478 e. The van der Waals surface area contributed by atoms with E-state index in [1.165, 1.54) is 29.8 Å². The molecule has 0 spiro atoms. The van der Waals surface area contributed by atoms with E-state index in [0.717, 1.165) is 28.4 Å². The fraction of sp³-hybridized carbons (Fsp3) is 0.323. The molecule has 3 aromatic rings.